The molecule has 0 aromatic carbocycles. The SMILES string of the molecule is C=C/C=C\C=C(/N)C(C)CC#N. The first-order chi connectivity index (χ1) is 5.72. The Labute approximate surface area is 73.7 Å². The number of nitriles is 1. The molecule has 2 nitrogen and oxygen atoms in total. The van der Waals surface area contributed by atoms with E-state index in [0.717, 1.165) is 5.70 Å². The first kappa shape index (κ1) is 10.5. The molecule has 0 radical (unpaired) electrons. The topological polar surface area (TPSA) is 49.8 Å². The van der Waals surface area contributed by atoms with Crippen LogP contribution in [0.25, 0.3) is 0 Å². The molecule has 12 heavy (non-hydrogen) atoms. The van der Waals surface area contributed by atoms with E-state index in [1.165, 1.54) is 0 Å². The first-order valence-corrected chi connectivity index (χ1v) is 3.84. The third-order valence-electron chi connectivity index (χ3n) is 1.50. The number of rotatable bonds is 4. The standard InChI is InChI=1S/C10H14N2/c1-3-4-5-6-10(12)9(2)7-8-11/h3-6,9H,1,7,12H2,2H3/b5-4-,10-6-. The Morgan fingerprint density at radius 2 is 2.33 bits per heavy atom. The maximum atomic E-state index is 8.39. The number of hydrogen-bond donors (Lipinski definition) is 1. The largest absolute Gasteiger partial charge is 0.402 e. The summed E-state index contributed by atoms with van der Waals surface area (Å²) in [4.78, 5) is 0. The molecule has 0 aliphatic carbocycles. The monoisotopic (exact) mass is 162 g/mol. The number of nitrogens with two attached hydrogens (primary N) is 1. The van der Waals surface area contributed by atoms with Crippen molar-refractivity contribution >= 4 is 0 Å². The second-order valence-electron chi connectivity index (χ2n) is 2.55. The highest BCUT2D eigenvalue weighted by Crippen LogP contribution is 2.07. The molecule has 0 rings (SSSR count). The van der Waals surface area contributed by atoms with Crippen LogP contribution in [-0.2, 0) is 0 Å². The van der Waals surface area contributed by atoms with Crippen molar-refractivity contribution in [3.63, 3.8) is 0 Å². The molecule has 0 bridgehead atoms. The summed E-state index contributed by atoms with van der Waals surface area (Å²) in [7, 11) is 0. The molecule has 0 amide bonds. The minimum absolute atomic E-state index is 0.129. The van der Waals surface area contributed by atoms with Crippen molar-refractivity contribution in [3.8, 4) is 6.07 Å². The third kappa shape index (κ3) is 4.35. The van der Waals surface area contributed by atoms with E-state index < -0.39 is 0 Å². The fraction of sp³-hybridized carbons (Fsp3) is 0.300. The van der Waals surface area contributed by atoms with Gasteiger partial charge in [-0.15, -0.1) is 0 Å². The van der Waals surface area contributed by atoms with Crippen LogP contribution in [0, 0.1) is 17.2 Å². The zero-order chi connectivity index (χ0) is 9.40. The Morgan fingerprint density at radius 3 is 2.83 bits per heavy atom. The summed E-state index contributed by atoms with van der Waals surface area (Å²) in [5.41, 5.74) is 6.40. The van der Waals surface area contributed by atoms with E-state index in [1.807, 2.05) is 13.0 Å². The lowest BCUT2D eigenvalue weighted by molar-refractivity contribution is 0.693. The van der Waals surface area contributed by atoms with E-state index in [0.29, 0.717) is 6.42 Å². The molecule has 2 N–H and O–H groups in total. The van der Waals surface area contributed by atoms with Crippen LogP contribution in [0.5, 0.6) is 0 Å². The normalized spacial score (nSPS) is 14.2. The number of nitrogens with zero attached hydrogens (tertiary/aromatic N) is 1. The van der Waals surface area contributed by atoms with Crippen molar-refractivity contribution in [2.45, 2.75) is 13.3 Å². The molecule has 0 aliphatic rings. The van der Waals surface area contributed by atoms with Crippen molar-refractivity contribution in [2.24, 2.45) is 11.7 Å². The van der Waals surface area contributed by atoms with Gasteiger partial charge in [-0.1, -0.05) is 31.7 Å². The molecule has 64 valence electrons. The molecule has 2 heteroatoms. The van der Waals surface area contributed by atoms with Crippen LogP contribution < -0.4 is 5.73 Å². The Kier molecular flexibility index (Phi) is 5.46. The van der Waals surface area contributed by atoms with E-state index in [2.05, 4.69) is 12.6 Å². The molecular formula is C10H14N2. The van der Waals surface area contributed by atoms with Gasteiger partial charge in [-0.3, -0.25) is 0 Å². The van der Waals surface area contributed by atoms with E-state index in [9.17, 15) is 0 Å². The van der Waals surface area contributed by atoms with Crippen LogP contribution in [0.1, 0.15) is 13.3 Å². The summed E-state index contributed by atoms with van der Waals surface area (Å²) in [6.45, 7) is 5.46. The summed E-state index contributed by atoms with van der Waals surface area (Å²) < 4.78 is 0. The minimum Gasteiger partial charge on any atom is -0.402 e. The van der Waals surface area contributed by atoms with E-state index >= 15 is 0 Å². The minimum atomic E-state index is 0.129. The molecule has 1 atom stereocenters. The lowest BCUT2D eigenvalue weighted by Gasteiger charge is -2.05. The zero-order valence-electron chi connectivity index (χ0n) is 7.33. The highest BCUT2D eigenvalue weighted by molar-refractivity contribution is 5.15. The Hall–Kier alpha value is -1.49. The highest BCUT2D eigenvalue weighted by Gasteiger charge is 2.01. The third-order valence-corrected chi connectivity index (χ3v) is 1.50. The van der Waals surface area contributed by atoms with E-state index in [1.54, 1.807) is 18.2 Å². The lowest BCUT2D eigenvalue weighted by Crippen LogP contribution is -2.07. The summed E-state index contributed by atoms with van der Waals surface area (Å²) in [6, 6.07) is 2.07. The van der Waals surface area contributed by atoms with Gasteiger partial charge in [0.2, 0.25) is 0 Å². The quantitative estimate of drug-likeness (QED) is 0.644. The van der Waals surface area contributed by atoms with Gasteiger partial charge in [0.1, 0.15) is 0 Å². The molecule has 0 aromatic heterocycles. The van der Waals surface area contributed by atoms with Crippen molar-refractivity contribution in [3.05, 3.63) is 36.6 Å². The lowest BCUT2D eigenvalue weighted by atomic mass is 10.1. The molecule has 0 spiro atoms. The average molecular weight is 162 g/mol. The molecule has 0 fully saturated rings. The molecule has 0 saturated heterocycles. The van der Waals surface area contributed by atoms with Crippen LogP contribution in [0.3, 0.4) is 0 Å². The fourth-order valence-corrected chi connectivity index (χ4v) is 0.664. The van der Waals surface area contributed by atoms with Gasteiger partial charge >= 0.3 is 0 Å². The van der Waals surface area contributed by atoms with E-state index in [4.69, 9.17) is 11.0 Å². The highest BCUT2D eigenvalue weighted by atomic mass is 14.6. The van der Waals surface area contributed by atoms with Gasteiger partial charge in [0, 0.05) is 18.0 Å². The molecule has 1 unspecified atom stereocenters. The Morgan fingerprint density at radius 1 is 1.67 bits per heavy atom. The summed E-state index contributed by atoms with van der Waals surface area (Å²) >= 11 is 0. The van der Waals surface area contributed by atoms with Gasteiger partial charge in [0.25, 0.3) is 0 Å². The van der Waals surface area contributed by atoms with Crippen molar-refractivity contribution < 1.29 is 0 Å². The zero-order valence-corrected chi connectivity index (χ0v) is 7.33. The fourth-order valence-electron chi connectivity index (χ4n) is 0.664. The predicted octanol–water partition coefficient (Wildman–Crippen LogP) is 2.12. The second-order valence-corrected chi connectivity index (χ2v) is 2.55. The summed E-state index contributed by atoms with van der Waals surface area (Å²) in [5, 5.41) is 8.39. The summed E-state index contributed by atoms with van der Waals surface area (Å²) in [6.07, 6.45) is 7.55. The van der Waals surface area contributed by atoms with Gasteiger partial charge in [-0.25, -0.2) is 0 Å². The van der Waals surface area contributed by atoms with Crippen molar-refractivity contribution in [2.75, 3.05) is 0 Å². The van der Waals surface area contributed by atoms with Gasteiger partial charge in [0.15, 0.2) is 0 Å². The smallest absolute Gasteiger partial charge is 0.0628 e. The first-order valence-electron chi connectivity index (χ1n) is 3.84. The van der Waals surface area contributed by atoms with Gasteiger partial charge < -0.3 is 5.73 Å². The molecule has 0 aromatic rings. The van der Waals surface area contributed by atoms with Crippen molar-refractivity contribution in [1.29, 1.82) is 5.26 Å². The predicted molar refractivity (Wildman–Crippen MR) is 51.0 cm³/mol. The van der Waals surface area contributed by atoms with Crippen LogP contribution in [-0.4, -0.2) is 0 Å². The number of hydrogen-bond acceptors (Lipinski definition) is 2. The van der Waals surface area contributed by atoms with Crippen LogP contribution in [0.15, 0.2) is 36.6 Å². The van der Waals surface area contributed by atoms with Crippen LogP contribution >= 0.6 is 0 Å². The van der Waals surface area contributed by atoms with Crippen LogP contribution in [0.2, 0.25) is 0 Å². The molecule has 0 heterocycles. The average Bonchev–Trinajstić information content (AvgIpc) is 2.05. The van der Waals surface area contributed by atoms with E-state index in [-0.39, 0.29) is 5.92 Å². The molecule has 0 saturated carbocycles. The van der Waals surface area contributed by atoms with Gasteiger partial charge in [0.05, 0.1) is 6.07 Å². The maximum Gasteiger partial charge on any atom is 0.0628 e. The van der Waals surface area contributed by atoms with Crippen molar-refractivity contribution in [1.82, 2.24) is 0 Å². The summed E-state index contributed by atoms with van der Waals surface area (Å²) in [5.74, 6) is 0.129. The van der Waals surface area contributed by atoms with Gasteiger partial charge in [-0.2, -0.15) is 5.26 Å². The van der Waals surface area contributed by atoms with Gasteiger partial charge in [-0.05, 0) is 6.08 Å². The Bertz CT molecular complexity index is 231. The maximum absolute atomic E-state index is 8.39. The Balaban J connectivity index is 4.08. The molecule has 0 aliphatic heterocycles. The molecular weight excluding hydrogens is 148 g/mol. The number of allylic oxidation sites excluding steroid dienone is 5. The second kappa shape index (κ2) is 6.23. The van der Waals surface area contributed by atoms with Crippen LogP contribution in [0.4, 0.5) is 0 Å².